The van der Waals surface area contributed by atoms with Gasteiger partial charge in [-0.15, -0.1) is 0 Å². The Kier molecular flexibility index (Phi) is 7.30. The maximum atomic E-state index is 11.5. The molecule has 0 aromatic rings. The lowest BCUT2D eigenvalue weighted by Gasteiger charge is -2.55. The van der Waals surface area contributed by atoms with Crippen LogP contribution in [0.3, 0.4) is 0 Å². The number of ether oxygens (including phenoxy) is 2. The highest BCUT2D eigenvalue weighted by atomic mass is 16.5. The predicted molar refractivity (Wildman–Crippen MR) is 107 cm³/mol. The molecule has 0 radical (unpaired) electrons. The number of rotatable bonds is 7. The maximum absolute atomic E-state index is 11.5. The Morgan fingerprint density at radius 1 is 1.26 bits per heavy atom. The van der Waals surface area contributed by atoms with Gasteiger partial charge in [0.2, 0.25) is 0 Å². The number of hydrogen-bond donors (Lipinski definition) is 0. The molecule has 1 saturated carbocycles. The van der Waals surface area contributed by atoms with Crippen molar-refractivity contribution < 1.29 is 19.1 Å². The number of fused-ring (bicyclic) bond motifs is 1. The van der Waals surface area contributed by atoms with Gasteiger partial charge in [0.25, 0.3) is 0 Å². The van der Waals surface area contributed by atoms with Crippen molar-refractivity contribution in [2.75, 3.05) is 13.7 Å². The smallest absolute Gasteiger partial charge is 0.317 e. The molecule has 1 fully saturated rings. The summed E-state index contributed by atoms with van der Waals surface area (Å²) in [5, 5.41) is 0. The second-order valence-electron chi connectivity index (χ2n) is 8.93. The molecular weight excluding hydrogens is 340 g/mol. The van der Waals surface area contributed by atoms with Crippen molar-refractivity contribution >= 4 is 11.9 Å². The quantitative estimate of drug-likeness (QED) is 0.340. The van der Waals surface area contributed by atoms with Crippen molar-refractivity contribution in [2.45, 2.75) is 79.1 Å². The summed E-state index contributed by atoms with van der Waals surface area (Å²) >= 11 is 0. The summed E-state index contributed by atoms with van der Waals surface area (Å²) in [4.78, 5) is 22.6. The van der Waals surface area contributed by atoms with E-state index in [2.05, 4.69) is 38.5 Å². The van der Waals surface area contributed by atoms with E-state index in [-0.39, 0.29) is 13.0 Å². The molecule has 0 heterocycles. The maximum Gasteiger partial charge on any atom is 0.317 e. The normalized spacial score (nSPS) is 30.9. The summed E-state index contributed by atoms with van der Waals surface area (Å²) in [5.41, 5.74) is 3.58. The van der Waals surface area contributed by atoms with E-state index in [1.807, 2.05) is 6.08 Å². The molecule has 0 amide bonds. The van der Waals surface area contributed by atoms with Crippen LogP contribution in [0.4, 0.5) is 0 Å². The molecule has 4 heteroatoms. The lowest BCUT2D eigenvalue weighted by molar-refractivity contribution is -0.152. The van der Waals surface area contributed by atoms with Crippen LogP contribution in [0.5, 0.6) is 0 Å². The van der Waals surface area contributed by atoms with Gasteiger partial charge >= 0.3 is 11.9 Å². The first kappa shape index (κ1) is 21.7. The van der Waals surface area contributed by atoms with Gasteiger partial charge in [-0.2, -0.15) is 0 Å². The molecule has 2 rings (SSSR count). The summed E-state index contributed by atoms with van der Waals surface area (Å²) in [6.45, 7) is 9.61. The van der Waals surface area contributed by atoms with Crippen LogP contribution in [0.2, 0.25) is 0 Å². The van der Waals surface area contributed by atoms with E-state index in [9.17, 15) is 9.59 Å². The van der Waals surface area contributed by atoms with E-state index >= 15 is 0 Å². The Balaban J connectivity index is 1.88. The van der Waals surface area contributed by atoms with Gasteiger partial charge in [0.1, 0.15) is 13.0 Å². The van der Waals surface area contributed by atoms with E-state index < -0.39 is 11.9 Å². The Hall–Kier alpha value is -1.58. The molecular formula is C23H36O4. The number of hydrogen-bond acceptors (Lipinski definition) is 4. The first-order valence-electron chi connectivity index (χ1n) is 10.3. The number of methoxy groups -OCH3 is 1. The molecule has 152 valence electrons. The zero-order valence-electron chi connectivity index (χ0n) is 17.7. The predicted octanol–water partition coefficient (Wildman–Crippen LogP) is 5.37. The van der Waals surface area contributed by atoms with E-state index in [0.29, 0.717) is 10.8 Å². The number of carbonyl (C=O) groups is 2. The lowest BCUT2D eigenvalue weighted by Crippen LogP contribution is -2.45. The number of carbonyl (C=O) groups excluding carboxylic acids is 2. The molecule has 0 spiro atoms. The zero-order chi connectivity index (χ0) is 20.1. The van der Waals surface area contributed by atoms with Crippen LogP contribution in [0, 0.1) is 16.7 Å². The van der Waals surface area contributed by atoms with Crippen molar-refractivity contribution in [3.8, 4) is 0 Å². The van der Waals surface area contributed by atoms with Crippen LogP contribution in [0.25, 0.3) is 0 Å². The molecule has 0 unspecified atom stereocenters. The Labute approximate surface area is 164 Å². The van der Waals surface area contributed by atoms with Crippen molar-refractivity contribution in [1.82, 2.24) is 0 Å². The summed E-state index contributed by atoms with van der Waals surface area (Å²) in [6, 6.07) is 0. The molecule has 2 aliphatic carbocycles. The summed E-state index contributed by atoms with van der Waals surface area (Å²) in [7, 11) is 1.26. The topological polar surface area (TPSA) is 52.6 Å². The molecule has 0 aromatic carbocycles. The fourth-order valence-corrected chi connectivity index (χ4v) is 5.22. The van der Waals surface area contributed by atoms with Crippen molar-refractivity contribution in [3.63, 3.8) is 0 Å². The highest BCUT2D eigenvalue weighted by Gasteiger charge is 2.49. The molecule has 0 aliphatic heterocycles. The van der Waals surface area contributed by atoms with Crippen molar-refractivity contribution in [2.24, 2.45) is 16.7 Å². The minimum atomic E-state index is -0.564. The molecule has 2 aliphatic rings. The average Bonchev–Trinajstić information content (AvgIpc) is 2.61. The van der Waals surface area contributed by atoms with E-state index in [1.165, 1.54) is 51.2 Å². The first-order valence-corrected chi connectivity index (χ1v) is 10.3. The highest BCUT2D eigenvalue weighted by Crippen LogP contribution is 2.59. The third-order valence-corrected chi connectivity index (χ3v) is 7.14. The minimum absolute atomic E-state index is 0.224. The van der Waals surface area contributed by atoms with Gasteiger partial charge in [-0.25, -0.2) is 0 Å². The molecule has 3 atom stereocenters. The summed E-state index contributed by atoms with van der Waals surface area (Å²) in [6.07, 6.45) is 12.8. The largest absolute Gasteiger partial charge is 0.469 e. The SMILES string of the molecule is COC(=O)CC(=O)OC/C=C(\C)CC[C@@]1(C)CCC[C@@]2(C)C(C)=CCC[C@H]12. The lowest BCUT2D eigenvalue weighted by atomic mass is 9.50. The van der Waals surface area contributed by atoms with Crippen LogP contribution in [-0.4, -0.2) is 25.7 Å². The Morgan fingerprint density at radius 2 is 2.00 bits per heavy atom. The monoisotopic (exact) mass is 376 g/mol. The van der Waals surface area contributed by atoms with Crippen molar-refractivity contribution in [3.05, 3.63) is 23.3 Å². The zero-order valence-corrected chi connectivity index (χ0v) is 17.7. The minimum Gasteiger partial charge on any atom is -0.469 e. The van der Waals surface area contributed by atoms with Gasteiger partial charge in [-0.1, -0.05) is 37.5 Å². The molecule has 4 nitrogen and oxygen atoms in total. The summed E-state index contributed by atoms with van der Waals surface area (Å²) < 4.78 is 9.56. The van der Waals surface area contributed by atoms with Gasteiger partial charge in [-0.05, 0) is 75.2 Å². The molecule has 0 saturated heterocycles. The molecule has 0 aromatic heterocycles. The van der Waals surface area contributed by atoms with Crippen LogP contribution in [0.1, 0.15) is 79.1 Å². The van der Waals surface area contributed by atoms with Gasteiger partial charge in [0, 0.05) is 0 Å². The number of allylic oxidation sites excluding steroid dienone is 3. The third kappa shape index (κ3) is 5.24. The van der Waals surface area contributed by atoms with Crippen LogP contribution in [-0.2, 0) is 19.1 Å². The van der Waals surface area contributed by atoms with Gasteiger partial charge in [0.05, 0.1) is 7.11 Å². The van der Waals surface area contributed by atoms with Gasteiger partial charge in [0.15, 0.2) is 0 Å². The van der Waals surface area contributed by atoms with Gasteiger partial charge in [-0.3, -0.25) is 9.59 Å². The van der Waals surface area contributed by atoms with E-state index in [1.54, 1.807) is 5.57 Å². The molecule has 0 bridgehead atoms. The standard InChI is InChI=1S/C23H36O4/c1-17(11-15-27-21(25)16-20(24)26-5)10-14-22(3)12-7-13-23(4)18(2)8-6-9-19(22)23/h8,11,19H,6-7,9-10,12-16H2,1-5H3/b17-11+/t19-,22-,23+/m1/s1. The number of esters is 2. The second kappa shape index (κ2) is 9.07. The Bertz CT molecular complexity index is 618. The first-order chi connectivity index (χ1) is 12.7. The van der Waals surface area contributed by atoms with E-state index in [4.69, 9.17) is 4.74 Å². The molecule has 0 N–H and O–H groups in total. The van der Waals surface area contributed by atoms with Crippen LogP contribution in [0.15, 0.2) is 23.3 Å². The van der Waals surface area contributed by atoms with Crippen LogP contribution < -0.4 is 0 Å². The highest BCUT2D eigenvalue weighted by molar-refractivity contribution is 5.91. The van der Waals surface area contributed by atoms with E-state index in [0.717, 1.165) is 12.3 Å². The second-order valence-corrected chi connectivity index (χ2v) is 8.93. The average molecular weight is 377 g/mol. The van der Waals surface area contributed by atoms with Crippen molar-refractivity contribution in [1.29, 1.82) is 0 Å². The summed E-state index contributed by atoms with van der Waals surface area (Å²) in [5.74, 6) is -0.342. The molecule has 27 heavy (non-hydrogen) atoms. The van der Waals surface area contributed by atoms with Crippen LogP contribution >= 0.6 is 0 Å². The Morgan fingerprint density at radius 3 is 2.70 bits per heavy atom. The third-order valence-electron chi connectivity index (χ3n) is 7.14. The van der Waals surface area contributed by atoms with Gasteiger partial charge < -0.3 is 9.47 Å². The fraction of sp³-hybridized carbons (Fsp3) is 0.739. The fourth-order valence-electron chi connectivity index (χ4n) is 5.22.